The molecule has 1 aliphatic rings. The lowest BCUT2D eigenvalue weighted by atomic mass is 10.0. The molecule has 108 valence electrons. The normalized spacial score (nSPS) is 15.4. The average Bonchev–Trinajstić information content (AvgIpc) is 2.86. The molecule has 2 heterocycles. The van der Waals surface area contributed by atoms with Crippen molar-refractivity contribution in [2.24, 2.45) is 0 Å². The Labute approximate surface area is 122 Å². The minimum absolute atomic E-state index is 0.128. The van der Waals surface area contributed by atoms with Crippen LogP contribution in [0.2, 0.25) is 0 Å². The molecule has 0 bridgehead atoms. The van der Waals surface area contributed by atoms with E-state index in [1.165, 1.54) is 0 Å². The second kappa shape index (κ2) is 4.89. The van der Waals surface area contributed by atoms with Crippen LogP contribution in [0, 0.1) is 0 Å². The molecule has 1 aliphatic heterocycles. The molecule has 0 atom stereocenters. The number of sulfonamides is 1. The maximum absolute atomic E-state index is 12.2. The van der Waals surface area contributed by atoms with Gasteiger partial charge in [-0.15, -0.1) is 0 Å². The first-order valence-corrected chi connectivity index (χ1v) is 9.09. The molecule has 2 aromatic rings. The van der Waals surface area contributed by atoms with E-state index in [1.54, 1.807) is 22.6 Å². The molecule has 5 nitrogen and oxygen atoms in total. The third-order valence-electron chi connectivity index (χ3n) is 3.58. The molecule has 0 unspecified atom stereocenters. The molecule has 1 aromatic carbocycles. The summed E-state index contributed by atoms with van der Waals surface area (Å²) >= 11 is 1.59. The summed E-state index contributed by atoms with van der Waals surface area (Å²) in [7, 11) is -1.37. The van der Waals surface area contributed by atoms with E-state index in [9.17, 15) is 8.42 Å². The minimum atomic E-state index is -3.21. The van der Waals surface area contributed by atoms with Gasteiger partial charge in [-0.05, 0) is 37.5 Å². The molecular weight excluding hydrogens is 294 g/mol. The summed E-state index contributed by atoms with van der Waals surface area (Å²) in [6.07, 6.45) is 1.79. The van der Waals surface area contributed by atoms with Crippen molar-refractivity contribution in [3.05, 3.63) is 17.7 Å². The summed E-state index contributed by atoms with van der Waals surface area (Å²) in [5, 5.41) is 3.89. The van der Waals surface area contributed by atoms with Crippen LogP contribution in [0.15, 0.2) is 12.1 Å². The quantitative estimate of drug-likeness (QED) is 0.946. The lowest BCUT2D eigenvalue weighted by Crippen LogP contribution is -2.36. The van der Waals surface area contributed by atoms with E-state index in [-0.39, 0.29) is 5.75 Å². The van der Waals surface area contributed by atoms with Crippen LogP contribution < -0.4 is 9.62 Å². The summed E-state index contributed by atoms with van der Waals surface area (Å²) in [6.45, 7) is 2.25. The second-order valence-corrected chi connectivity index (χ2v) is 8.01. The molecule has 0 radical (unpaired) electrons. The smallest absolute Gasteiger partial charge is 0.234 e. The van der Waals surface area contributed by atoms with Crippen LogP contribution >= 0.6 is 11.3 Å². The molecule has 0 saturated carbocycles. The Morgan fingerprint density at radius 3 is 2.95 bits per heavy atom. The number of hydrogen-bond acceptors (Lipinski definition) is 5. The molecule has 0 saturated heterocycles. The van der Waals surface area contributed by atoms with Crippen molar-refractivity contribution < 1.29 is 8.42 Å². The van der Waals surface area contributed by atoms with Gasteiger partial charge in [0.25, 0.3) is 0 Å². The zero-order valence-electron chi connectivity index (χ0n) is 11.5. The topological polar surface area (TPSA) is 62.3 Å². The Kier molecular flexibility index (Phi) is 3.33. The number of thiazole rings is 1. The van der Waals surface area contributed by atoms with Crippen molar-refractivity contribution >= 4 is 42.4 Å². The van der Waals surface area contributed by atoms with Gasteiger partial charge in [0.05, 0.1) is 21.7 Å². The first kappa shape index (κ1) is 13.6. The van der Waals surface area contributed by atoms with Crippen LogP contribution in [0.4, 0.5) is 10.8 Å². The summed E-state index contributed by atoms with van der Waals surface area (Å²) in [5.74, 6) is 0.128. The third-order valence-corrected chi connectivity index (χ3v) is 6.40. The first-order chi connectivity index (χ1) is 9.55. The Morgan fingerprint density at radius 2 is 2.25 bits per heavy atom. The van der Waals surface area contributed by atoms with Crippen molar-refractivity contribution in [3.8, 4) is 0 Å². The first-order valence-electron chi connectivity index (χ1n) is 6.67. The fraction of sp³-hybridized carbons (Fsp3) is 0.462. The number of nitrogens with zero attached hydrogens (tertiary/aromatic N) is 2. The fourth-order valence-electron chi connectivity index (χ4n) is 2.52. The van der Waals surface area contributed by atoms with Gasteiger partial charge in [0.1, 0.15) is 0 Å². The number of anilines is 2. The minimum Gasteiger partial charge on any atom is -0.365 e. The molecule has 1 N–H and O–H groups in total. The second-order valence-electron chi connectivity index (χ2n) is 4.79. The highest BCUT2D eigenvalue weighted by Crippen LogP contribution is 2.36. The van der Waals surface area contributed by atoms with Crippen LogP contribution in [-0.4, -0.2) is 32.7 Å². The number of fused-ring (bicyclic) bond motifs is 2. The summed E-state index contributed by atoms with van der Waals surface area (Å²) < 4.78 is 27.1. The SMILES string of the molecule is CCS(=O)(=O)N1CCCc2cc3sc(NC)nc3cc21. The lowest BCUT2D eigenvalue weighted by Gasteiger charge is -2.30. The van der Waals surface area contributed by atoms with Crippen LogP contribution in [0.1, 0.15) is 18.9 Å². The molecule has 0 spiro atoms. The van der Waals surface area contributed by atoms with Gasteiger partial charge in [-0.1, -0.05) is 11.3 Å². The van der Waals surface area contributed by atoms with Crippen molar-refractivity contribution in [1.29, 1.82) is 0 Å². The number of nitrogens with one attached hydrogen (secondary N) is 1. The number of aromatic nitrogens is 1. The zero-order chi connectivity index (χ0) is 14.3. The molecule has 1 aromatic heterocycles. The lowest BCUT2D eigenvalue weighted by molar-refractivity contribution is 0.588. The van der Waals surface area contributed by atoms with Crippen LogP contribution in [0.3, 0.4) is 0 Å². The van der Waals surface area contributed by atoms with Crippen LogP contribution in [0.25, 0.3) is 10.2 Å². The Hall–Kier alpha value is -1.34. The Bertz CT molecular complexity index is 752. The maximum atomic E-state index is 12.2. The van der Waals surface area contributed by atoms with Gasteiger partial charge in [-0.3, -0.25) is 4.31 Å². The van der Waals surface area contributed by atoms with E-state index in [1.807, 2.05) is 13.1 Å². The van der Waals surface area contributed by atoms with E-state index in [0.29, 0.717) is 6.54 Å². The molecular formula is C13H17N3O2S2. The van der Waals surface area contributed by atoms with Gasteiger partial charge in [0.2, 0.25) is 10.0 Å². The van der Waals surface area contributed by atoms with Gasteiger partial charge in [0.15, 0.2) is 5.13 Å². The van der Waals surface area contributed by atoms with Crippen LogP contribution in [0.5, 0.6) is 0 Å². The summed E-state index contributed by atoms with van der Waals surface area (Å²) in [5.41, 5.74) is 2.77. The van der Waals surface area contributed by atoms with Gasteiger partial charge in [-0.25, -0.2) is 13.4 Å². The third kappa shape index (κ3) is 2.14. The van der Waals surface area contributed by atoms with E-state index < -0.39 is 10.0 Å². The van der Waals surface area contributed by atoms with Gasteiger partial charge >= 0.3 is 0 Å². The molecule has 3 rings (SSSR count). The highest BCUT2D eigenvalue weighted by Gasteiger charge is 2.26. The predicted molar refractivity (Wildman–Crippen MR) is 84.3 cm³/mol. The number of aryl methyl sites for hydroxylation is 1. The van der Waals surface area contributed by atoms with Gasteiger partial charge in [-0.2, -0.15) is 0 Å². The largest absolute Gasteiger partial charge is 0.365 e. The molecule has 0 aliphatic carbocycles. The van der Waals surface area contributed by atoms with Gasteiger partial charge < -0.3 is 5.32 Å². The van der Waals surface area contributed by atoms with Crippen molar-refractivity contribution in [2.75, 3.05) is 29.0 Å². The molecule has 0 fully saturated rings. The van der Waals surface area contributed by atoms with Crippen molar-refractivity contribution in [3.63, 3.8) is 0 Å². The Balaban J connectivity index is 2.17. The van der Waals surface area contributed by atoms with E-state index in [4.69, 9.17) is 0 Å². The van der Waals surface area contributed by atoms with Crippen LogP contribution in [-0.2, 0) is 16.4 Å². The number of benzene rings is 1. The summed E-state index contributed by atoms with van der Waals surface area (Å²) in [6, 6.07) is 3.99. The van der Waals surface area contributed by atoms with Crippen molar-refractivity contribution in [1.82, 2.24) is 4.98 Å². The van der Waals surface area contributed by atoms with E-state index in [0.717, 1.165) is 39.4 Å². The van der Waals surface area contributed by atoms with E-state index in [2.05, 4.69) is 16.4 Å². The van der Waals surface area contributed by atoms with Gasteiger partial charge in [0, 0.05) is 13.6 Å². The maximum Gasteiger partial charge on any atom is 0.234 e. The Morgan fingerprint density at radius 1 is 1.45 bits per heavy atom. The highest BCUT2D eigenvalue weighted by atomic mass is 32.2. The highest BCUT2D eigenvalue weighted by molar-refractivity contribution is 7.92. The summed E-state index contributed by atoms with van der Waals surface area (Å²) in [4.78, 5) is 4.47. The standard InChI is InChI=1S/C13H17N3O2S2/c1-3-20(17,18)16-6-4-5-9-7-12-10(8-11(9)16)15-13(14-2)19-12/h7-8H,3-6H2,1-2H3,(H,14,15). The van der Waals surface area contributed by atoms with E-state index >= 15 is 0 Å². The molecule has 0 amide bonds. The predicted octanol–water partition coefficient (Wildman–Crippen LogP) is 2.44. The monoisotopic (exact) mass is 311 g/mol. The average molecular weight is 311 g/mol. The molecule has 20 heavy (non-hydrogen) atoms. The number of rotatable bonds is 3. The number of hydrogen-bond donors (Lipinski definition) is 1. The van der Waals surface area contributed by atoms with Crippen molar-refractivity contribution in [2.45, 2.75) is 19.8 Å². The zero-order valence-corrected chi connectivity index (χ0v) is 13.1. The molecule has 7 heteroatoms. The fourth-order valence-corrected chi connectivity index (χ4v) is 4.58.